The van der Waals surface area contributed by atoms with Crippen LogP contribution in [0.15, 0.2) is 18.2 Å². The molecule has 0 amide bonds. The molecule has 1 rings (SSSR count). The molecule has 0 saturated carbocycles. The number of hydrogen-bond donors (Lipinski definition) is 1. The standard InChI is InChI=1S/C13H20ClNO/c1-9(2)6-12(15)8-10-7-11(14)4-5-13(10)16-3/h4-5,7,9,12H,6,8,15H2,1-3H3. The summed E-state index contributed by atoms with van der Waals surface area (Å²) in [6, 6.07) is 5.81. The van der Waals surface area contributed by atoms with E-state index >= 15 is 0 Å². The second-order valence-corrected chi connectivity index (χ2v) is 4.99. The molecule has 1 atom stereocenters. The van der Waals surface area contributed by atoms with E-state index in [4.69, 9.17) is 22.1 Å². The van der Waals surface area contributed by atoms with Crippen LogP contribution in [0.4, 0.5) is 0 Å². The average molecular weight is 242 g/mol. The summed E-state index contributed by atoms with van der Waals surface area (Å²) in [6.45, 7) is 4.35. The third-order valence-electron chi connectivity index (χ3n) is 2.50. The van der Waals surface area contributed by atoms with Crippen molar-refractivity contribution in [1.82, 2.24) is 0 Å². The van der Waals surface area contributed by atoms with Crippen molar-refractivity contribution in [2.75, 3.05) is 7.11 Å². The van der Waals surface area contributed by atoms with Crippen LogP contribution in [0, 0.1) is 5.92 Å². The Bertz CT molecular complexity index is 339. The second kappa shape index (κ2) is 6.12. The van der Waals surface area contributed by atoms with Gasteiger partial charge < -0.3 is 10.5 Å². The Morgan fingerprint density at radius 1 is 1.38 bits per heavy atom. The van der Waals surface area contributed by atoms with Gasteiger partial charge in [0, 0.05) is 11.1 Å². The number of rotatable bonds is 5. The fourth-order valence-electron chi connectivity index (χ4n) is 1.88. The quantitative estimate of drug-likeness (QED) is 0.859. The Balaban J connectivity index is 2.74. The van der Waals surface area contributed by atoms with Gasteiger partial charge in [0.25, 0.3) is 0 Å². The molecule has 0 aromatic heterocycles. The molecule has 0 bridgehead atoms. The van der Waals surface area contributed by atoms with Crippen molar-refractivity contribution in [1.29, 1.82) is 0 Å². The smallest absolute Gasteiger partial charge is 0.122 e. The minimum absolute atomic E-state index is 0.160. The summed E-state index contributed by atoms with van der Waals surface area (Å²) in [6.07, 6.45) is 1.82. The lowest BCUT2D eigenvalue weighted by Gasteiger charge is -2.16. The molecule has 0 heterocycles. The summed E-state index contributed by atoms with van der Waals surface area (Å²) >= 11 is 5.97. The maximum absolute atomic E-state index is 6.08. The number of halogens is 1. The molecule has 1 aromatic carbocycles. The molecule has 0 radical (unpaired) electrons. The minimum atomic E-state index is 0.160. The lowest BCUT2D eigenvalue weighted by molar-refractivity contribution is 0.405. The molecule has 1 aromatic rings. The molecule has 3 heteroatoms. The summed E-state index contributed by atoms with van der Waals surface area (Å²) in [5, 5.41) is 0.729. The Morgan fingerprint density at radius 3 is 2.62 bits per heavy atom. The monoisotopic (exact) mass is 241 g/mol. The van der Waals surface area contributed by atoms with Gasteiger partial charge in [-0.05, 0) is 42.5 Å². The van der Waals surface area contributed by atoms with E-state index < -0.39 is 0 Å². The van der Waals surface area contributed by atoms with E-state index in [0.717, 1.165) is 29.2 Å². The van der Waals surface area contributed by atoms with Gasteiger partial charge in [0.2, 0.25) is 0 Å². The number of nitrogens with two attached hydrogens (primary N) is 1. The third kappa shape index (κ3) is 4.03. The zero-order chi connectivity index (χ0) is 12.1. The van der Waals surface area contributed by atoms with Gasteiger partial charge in [-0.1, -0.05) is 25.4 Å². The maximum atomic E-state index is 6.08. The van der Waals surface area contributed by atoms with Crippen LogP contribution in [0.3, 0.4) is 0 Å². The first kappa shape index (κ1) is 13.3. The largest absolute Gasteiger partial charge is 0.496 e. The highest BCUT2D eigenvalue weighted by Crippen LogP contribution is 2.24. The van der Waals surface area contributed by atoms with Crippen molar-refractivity contribution in [3.05, 3.63) is 28.8 Å². The SMILES string of the molecule is COc1ccc(Cl)cc1CC(N)CC(C)C. The van der Waals surface area contributed by atoms with E-state index in [-0.39, 0.29) is 6.04 Å². The molecule has 0 spiro atoms. The first-order chi connectivity index (χ1) is 7.52. The Hall–Kier alpha value is -0.730. The third-order valence-corrected chi connectivity index (χ3v) is 2.73. The van der Waals surface area contributed by atoms with Crippen LogP contribution in [0.2, 0.25) is 5.02 Å². The first-order valence-electron chi connectivity index (χ1n) is 5.61. The number of hydrogen-bond acceptors (Lipinski definition) is 2. The van der Waals surface area contributed by atoms with E-state index in [2.05, 4.69) is 13.8 Å². The van der Waals surface area contributed by atoms with Crippen LogP contribution in [0.5, 0.6) is 5.75 Å². The molecule has 0 saturated heterocycles. The van der Waals surface area contributed by atoms with E-state index in [1.54, 1.807) is 7.11 Å². The van der Waals surface area contributed by atoms with Gasteiger partial charge in [-0.2, -0.15) is 0 Å². The van der Waals surface area contributed by atoms with Crippen LogP contribution < -0.4 is 10.5 Å². The highest BCUT2D eigenvalue weighted by Gasteiger charge is 2.10. The van der Waals surface area contributed by atoms with Crippen molar-refractivity contribution in [2.45, 2.75) is 32.7 Å². The second-order valence-electron chi connectivity index (χ2n) is 4.55. The van der Waals surface area contributed by atoms with Gasteiger partial charge in [-0.15, -0.1) is 0 Å². The molecular formula is C13H20ClNO. The van der Waals surface area contributed by atoms with Crippen LogP contribution in [-0.4, -0.2) is 13.2 Å². The van der Waals surface area contributed by atoms with Gasteiger partial charge in [0.1, 0.15) is 5.75 Å². The van der Waals surface area contributed by atoms with Crippen molar-refractivity contribution in [3.63, 3.8) is 0 Å². The molecule has 2 nitrogen and oxygen atoms in total. The topological polar surface area (TPSA) is 35.2 Å². The maximum Gasteiger partial charge on any atom is 0.122 e. The van der Waals surface area contributed by atoms with Gasteiger partial charge in [0.15, 0.2) is 0 Å². The molecule has 2 N–H and O–H groups in total. The van der Waals surface area contributed by atoms with E-state index in [1.165, 1.54) is 0 Å². The van der Waals surface area contributed by atoms with Gasteiger partial charge in [-0.3, -0.25) is 0 Å². The molecule has 16 heavy (non-hydrogen) atoms. The highest BCUT2D eigenvalue weighted by molar-refractivity contribution is 6.30. The summed E-state index contributed by atoms with van der Waals surface area (Å²) in [5.74, 6) is 1.48. The van der Waals surface area contributed by atoms with Crippen LogP contribution in [0.25, 0.3) is 0 Å². The molecule has 0 fully saturated rings. The van der Waals surface area contributed by atoms with Gasteiger partial charge in [-0.25, -0.2) is 0 Å². The van der Waals surface area contributed by atoms with Gasteiger partial charge in [0.05, 0.1) is 7.11 Å². The fourth-order valence-corrected chi connectivity index (χ4v) is 2.07. The number of benzene rings is 1. The highest BCUT2D eigenvalue weighted by atomic mass is 35.5. The molecule has 0 aliphatic heterocycles. The molecular weight excluding hydrogens is 222 g/mol. The summed E-state index contributed by atoms with van der Waals surface area (Å²) in [7, 11) is 1.67. The van der Waals surface area contributed by atoms with E-state index in [1.807, 2.05) is 18.2 Å². The molecule has 1 unspecified atom stereocenters. The Morgan fingerprint density at radius 2 is 2.06 bits per heavy atom. The summed E-state index contributed by atoms with van der Waals surface area (Å²) < 4.78 is 5.29. The zero-order valence-corrected chi connectivity index (χ0v) is 10.9. The van der Waals surface area contributed by atoms with Crippen molar-refractivity contribution in [2.24, 2.45) is 11.7 Å². The van der Waals surface area contributed by atoms with E-state index in [0.29, 0.717) is 5.92 Å². The van der Waals surface area contributed by atoms with Crippen LogP contribution >= 0.6 is 11.6 Å². The molecule has 90 valence electrons. The predicted molar refractivity (Wildman–Crippen MR) is 69.1 cm³/mol. The summed E-state index contributed by atoms with van der Waals surface area (Å²) in [5.41, 5.74) is 7.17. The van der Waals surface area contributed by atoms with Crippen molar-refractivity contribution >= 4 is 11.6 Å². The zero-order valence-electron chi connectivity index (χ0n) is 10.2. The Kier molecular flexibility index (Phi) is 5.10. The Labute approximate surface area is 103 Å². The van der Waals surface area contributed by atoms with Crippen molar-refractivity contribution < 1.29 is 4.74 Å². The normalized spacial score (nSPS) is 12.9. The molecule has 0 aliphatic carbocycles. The lowest BCUT2D eigenvalue weighted by Crippen LogP contribution is -2.24. The predicted octanol–water partition coefficient (Wildman–Crippen LogP) is 3.26. The minimum Gasteiger partial charge on any atom is -0.496 e. The fraction of sp³-hybridized carbons (Fsp3) is 0.538. The summed E-state index contributed by atoms with van der Waals surface area (Å²) in [4.78, 5) is 0. The number of ether oxygens (including phenoxy) is 1. The van der Waals surface area contributed by atoms with Crippen LogP contribution in [0.1, 0.15) is 25.8 Å². The number of methoxy groups -OCH3 is 1. The van der Waals surface area contributed by atoms with Crippen molar-refractivity contribution in [3.8, 4) is 5.75 Å². The lowest BCUT2D eigenvalue weighted by atomic mass is 9.97. The van der Waals surface area contributed by atoms with Crippen LogP contribution in [-0.2, 0) is 6.42 Å². The van der Waals surface area contributed by atoms with Gasteiger partial charge >= 0.3 is 0 Å². The molecule has 0 aliphatic rings. The first-order valence-corrected chi connectivity index (χ1v) is 5.98. The average Bonchev–Trinajstić information content (AvgIpc) is 2.16. The van der Waals surface area contributed by atoms with E-state index in [9.17, 15) is 0 Å².